The Bertz CT molecular complexity index is 762. The highest BCUT2D eigenvalue weighted by atomic mass is 16.3. The number of nitrogens with one attached hydrogen (secondary N) is 1. The Morgan fingerprint density at radius 2 is 2.00 bits per heavy atom. The van der Waals surface area contributed by atoms with Crippen LogP contribution in [0.5, 0.6) is 0 Å². The molecule has 0 radical (unpaired) electrons. The first kappa shape index (κ1) is 15.0. The van der Waals surface area contributed by atoms with E-state index < -0.39 is 11.8 Å². The molecule has 1 aromatic heterocycles. The van der Waals surface area contributed by atoms with Crippen molar-refractivity contribution >= 4 is 11.8 Å². The van der Waals surface area contributed by atoms with Gasteiger partial charge in [-0.1, -0.05) is 30.3 Å². The lowest BCUT2D eigenvalue weighted by atomic mass is 10.1. The molecule has 24 heavy (non-hydrogen) atoms. The van der Waals surface area contributed by atoms with Gasteiger partial charge in [0.25, 0.3) is 0 Å². The van der Waals surface area contributed by atoms with Crippen molar-refractivity contribution < 1.29 is 14.0 Å². The maximum atomic E-state index is 12.3. The molecule has 0 unspecified atom stereocenters. The minimum absolute atomic E-state index is 0.359. The Hall–Kier alpha value is -2.56. The van der Waals surface area contributed by atoms with Crippen LogP contribution in [-0.2, 0) is 22.6 Å². The molecular weight excluding hydrogens is 304 g/mol. The van der Waals surface area contributed by atoms with Gasteiger partial charge in [-0.05, 0) is 36.8 Å². The lowest BCUT2D eigenvalue weighted by Crippen LogP contribution is -2.45. The quantitative estimate of drug-likeness (QED) is 0.882. The number of furan rings is 1. The second kappa shape index (κ2) is 6.15. The van der Waals surface area contributed by atoms with Crippen LogP contribution >= 0.6 is 0 Å². The summed E-state index contributed by atoms with van der Waals surface area (Å²) < 4.78 is 5.93. The van der Waals surface area contributed by atoms with Crippen LogP contribution in [0.1, 0.15) is 24.2 Å². The number of fused-ring (bicyclic) bond motifs is 1. The van der Waals surface area contributed by atoms with Crippen molar-refractivity contribution in [1.82, 2.24) is 10.2 Å². The van der Waals surface area contributed by atoms with E-state index in [1.165, 1.54) is 0 Å². The molecule has 1 saturated carbocycles. The first-order valence-electron chi connectivity index (χ1n) is 8.45. The molecular formula is C19H20N2O3. The third-order valence-corrected chi connectivity index (χ3v) is 4.67. The van der Waals surface area contributed by atoms with E-state index in [0.29, 0.717) is 32.0 Å². The van der Waals surface area contributed by atoms with Crippen molar-refractivity contribution in [3.8, 4) is 11.3 Å². The number of carbonyl (C=O) groups excluding carboxylic acids is 2. The highest BCUT2D eigenvalue weighted by Gasteiger charge is 2.29. The summed E-state index contributed by atoms with van der Waals surface area (Å²) in [6.07, 6.45) is 3.01. The third-order valence-electron chi connectivity index (χ3n) is 4.67. The molecule has 1 fully saturated rings. The van der Waals surface area contributed by atoms with Gasteiger partial charge in [-0.25, -0.2) is 0 Å². The summed E-state index contributed by atoms with van der Waals surface area (Å²) in [5, 5.41) is 2.74. The summed E-state index contributed by atoms with van der Waals surface area (Å²) in [5.74, 6) is 1.20. The van der Waals surface area contributed by atoms with Gasteiger partial charge in [0.05, 0.1) is 6.54 Å². The standard InChI is InChI=1S/C19H20N2O3/c22-18(20-11-13-6-7-13)19(23)21-9-8-15-10-16(24-17(15)12-21)14-4-2-1-3-5-14/h1-5,10,13H,6-9,11-12H2,(H,20,22). The van der Waals surface area contributed by atoms with Crippen molar-refractivity contribution in [3.63, 3.8) is 0 Å². The largest absolute Gasteiger partial charge is 0.459 e. The van der Waals surface area contributed by atoms with Gasteiger partial charge in [0, 0.05) is 18.7 Å². The maximum Gasteiger partial charge on any atom is 0.312 e. The highest BCUT2D eigenvalue weighted by molar-refractivity contribution is 6.35. The number of hydrogen-bond acceptors (Lipinski definition) is 3. The average Bonchev–Trinajstić information content (AvgIpc) is 3.36. The number of benzene rings is 1. The van der Waals surface area contributed by atoms with E-state index in [0.717, 1.165) is 35.5 Å². The molecule has 5 heteroatoms. The van der Waals surface area contributed by atoms with Crippen molar-refractivity contribution in [1.29, 1.82) is 0 Å². The lowest BCUT2D eigenvalue weighted by molar-refractivity contribution is -0.146. The van der Waals surface area contributed by atoms with Crippen molar-refractivity contribution in [2.45, 2.75) is 25.8 Å². The monoisotopic (exact) mass is 324 g/mol. The van der Waals surface area contributed by atoms with E-state index in [1.54, 1.807) is 4.90 Å². The average molecular weight is 324 g/mol. The van der Waals surface area contributed by atoms with E-state index in [9.17, 15) is 9.59 Å². The number of carbonyl (C=O) groups is 2. The molecule has 1 aliphatic carbocycles. The van der Waals surface area contributed by atoms with Crippen LogP contribution in [0, 0.1) is 5.92 Å². The predicted molar refractivity (Wildman–Crippen MR) is 89.0 cm³/mol. The molecule has 2 amide bonds. The molecule has 2 aliphatic rings. The fourth-order valence-electron chi connectivity index (χ4n) is 3.02. The highest BCUT2D eigenvalue weighted by Crippen LogP contribution is 2.30. The number of hydrogen-bond donors (Lipinski definition) is 1. The fraction of sp³-hybridized carbons (Fsp3) is 0.368. The summed E-state index contributed by atoms with van der Waals surface area (Å²) in [6, 6.07) is 11.9. The fourth-order valence-corrected chi connectivity index (χ4v) is 3.02. The Labute approximate surface area is 140 Å². The van der Waals surface area contributed by atoms with Gasteiger partial charge in [-0.15, -0.1) is 0 Å². The molecule has 0 spiro atoms. The summed E-state index contributed by atoms with van der Waals surface area (Å²) >= 11 is 0. The molecule has 1 aromatic carbocycles. The van der Waals surface area contributed by atoms with Crippen LogP contribution in [0.2, 0.25) is 0 Å². The minimum Gasteiger partial charge on any atom is -0.459 e. The Kier molecular flexibility index (Phi) is 3.84. The summed E-state index contributed by atoms with van der Waals surface area (Å²) in [5.41, 5.74) is 2.14. The first-order chi connectivity index (χ1) is 11.7. The molecule has 0 atom stereocenters. The first-order valence-corrected chi connectivity index (χ1v) is 8.45. The summed E-state index contributed by atoms with van der Waals surface area (Å²) in [4.78, 5) is 25.8. The third kappa shape index (κ3) is 3.07. The number of nitrogens with zero attached hydrogens (tertiary/aromatic N) is 1. The molecule has 0 bridgehead atoms. The van der Waals surface area contributed by atoms with Gasteiger partial charge in [-0.2, -0.15) is 0 Å². The zero-order valence-electron chi connectivity index (χ0n) is 13.5. The van der Waals surface area contributed by atoms with E-state index in [1.807, 2.05) is 36.4 Å². The maximum absolute atomic E-state index is 12.3. The van der Waals surface area contributed by atoms with Crippen LogP contribution in [0.3, 0.4) is 0 Å². The van der Waals surface area contributed by atoms with Gasteiger partial charge in [0.15, 0.2) is 0 Å². The second-order valence-electron chi connectivity index (χ2n) is 6.56. The molecule has 124 valence electrons. The second-order valence-corrected chi connectivity index (χ2v) is 6.56. The molecule has 1 N–H and O–H groups in total. The molecule has 2 aromatic rings. The van der Waals surface area contributed by atoms with Gasteiger partial charge in [0.1, 0.15) is 11.5 Å². The Balaban J connectivity index is 1.44. The summed E-state index contributed by atoms with van der Waals surface area (Å²) in [7, 11) is 0. The van der Waals surface area contributed by atoms with Gasteiger partial charge >= 0.3 is 11.8 Å². The van der Waals surface area contributed by atoms with E-state index in [2.05, 4.69) is 5.32 Å². The molecule has 2 heterocycles. The molecule has 1 aliphatic heterocycles. The minimum atomic E-state index is -0.500. The van der Waals surface area contributed by atoms with Crippen LogP contribution in [0.15, 0.2) is 40.8 Å². The zero-order chi connectivity index (χ0) is 16.5. The van der Waals surface area contributed by atoms with E-state index >= 15 is 0 Å². The van der Waals surface area contributed by atoms with E-state index in [-0.39, 0.29) is 0 Å². The normalized spacial score (nSPS) is 16.6. The SMILES string of the molecule is O=C(NCC1CC1)C(=O)N1CCc2cc(-c3ccccc3)oc2C1. The Morgan fingerprint density at radius 3 is 2.75 bits per heavy atom. The molecule has 4 rings (SSSR count). The number of amides is 2. The van der Waals surface area contributed by atoms with Crippen LogP contribution < -0.4 is 5.32 Å². The van der Waals surface area contributed by atoms with Crippen molar-refractivity contribution in [3.05, 3.63) is 47.7 Å². The van der Waals surface area contributed by atoms with Gasteiger partial charge < -0.3 is 14.6 Å². The van der Waals surface area contributed by atoms with E-state index in [4.69, 9.17) is 4.42 Å². The topological polar surface area (TPSA) is 62.6 Å². The van der Waals surface area contributed by atoms with Gasteiger partial charge in [-0.3, -0.25) is 9.59 Å². The summed E-state index contributed by atoms with van der Waals surface area (Å²) in [6.45, 7) is 1.52. The predicted octanol–water partition coefficient (Wildman–Crippen LogP) is 2.36. The number of rotatable bonds is 3. The van der Waals surface area contributed by atoms with Crippen LogP contribution in [-0.4, -0.2) is 29.8 Å². The Morgan fingerprint density at radius 1 is 1.21 bits per heavy atom. The lowest BCUT2D eigenvalue weighted by Gasteiger charge is -2.25. The zero-order valence-corrected chi connectivity index (χ0v) is 13.5. The van der Waals surface area contributed by atoms with Gasteiger partial charge in [0.2, 0.25) is 0 Å². The van der Waals surface area contributed by atoms with Crippen molar-refractivity contribution in [2.75, 3.05) is 13.1 Å². The smallest absolute Gasteiger partial charge is 0.312 e. The van der Waals surface area contributed by atoms with Crippen molar-refractivity contribution in [2.24, 2.45) is 5.92 Å². The van der Waals surface area contributed by atoms with Crippen LogP contribution in [0.4, 0.5) is 0 Å². The van der Waals surface area contributed by atoms with Crippen LogP contribution in [0.25, 0.3) is 11.3 Å². The molecule has 0 saturated heterocycles. The molecule has 5 nitrogen and oxygen atoms in total.